The molecule has 0 amide bonds. The van der Waals surface area contributed by atoms with E-state index in [4.69, 9.17) is 0 Å². The van der Waals surface area contributed by atoms with Crippen molar-refractivity contribution in [3.8, 4) is 6.07 Å². The van der Waals surface area contributed by atoms with Crippen LogP contribution in [0.4, 0.5) is 0 Å². The van der Waals surface area contributed by atoms with E-state index in [1.54, 1.807) is 0 Å². The third-order valence-corrected chi connectivity index (χ3v) is 12.9. The Morgan fingerprint density at radius 3 is 2.27 bits per heavy atom. The second-order valence-electron chi connectivity index (χ2n) is 14.4. The first-order chi connectivity index (χ1) is 15.3. The van der Waals surface area contributed by atoms with Crippen molar-refractivity contribution in [3.63, 3.8) is 0 Å². The van der Waals surface area contributed by atoms with E-state index in [1.807, 2.05) is 0 Å². The molecule has 0 aromatic heterocycles. The zero-order valence-corrected chi connectivity index (χ0v) is 22.2. The molecule has 0 spiro atoms. The van der Waals surface area contributed by atoms with Gasteiger partial charge in [0.15, 0.2) is 5.78 Å². The number of carbonyl (C=O) groups is 1. The lowest BCUT2D eigenvalue weighted by atomic mass is 9.33. The summed E-state index contributed by atoms with van der Waals surface area (Å²) in [5, 5.41) is 9.86. The van der Waals surface area contributed by atoms with Gasteiger partial charge in [0, 0.05) is 5.41 Å². The van der Waals surface area contributed by atoms with E-state index < -0.39 is 5.41 Å². The van der Waals surface area contributed by atoms with Gasteiger partial charge < -0.3 is 0 Å². The smallest absolute Gasteiger partial charge is 0.178 e. The molecule has 9 atom stereocenters. The van der Waals surface area contributed by atoms with Crippen LogP contribution >= 0.6 is 0 Å². The summed E-state index contributed by atoms with van der Waals surface area (Å²) in [4.78, 5) is 13.2. The van der Waals surface area contributed by atoms with Crippen molar-refractivity contribution in [1.82, 2.24) is 0 Å². The third-order valence-electron chi connectivity index (χ3n) is 12.9. The van der Waals surface area contributed by atoms with E-state index in [-0.39, 0.29) is 16.6 Å². The minimum Gasteiger partial charge on any atom is -0.293 e. The molecule has 0 aromatic carbocycles. The van der Waals surface area contributed by atoms with Crippen LogP contribution in [-0.4, -0.2) is 5.78 Å². The molecule has 33 heavy (non-hydrogen) atoms. The fraction of sp³-hybridized carbons (Fsp3) is 0.806. The Labute approximate surface area is 202 Å². The molecule has 0 saturated heterocycles. The lowest BCUT2D eigenvalue weighted by Crippen LogP contribution is -2.65. The SMILES string of the molecule is C=C(C)[C@@H]1CC[C@]2(C)CC[C@]3(C)C(CC[C@@H]4[C@@]5(C)C=C(C#N)C(=O)C(C)(C)[C@@H]5CC[C@]43C)[C@@H]12. The van der Waals surface area contributed by atoms with Crippen LogP contribution in [0.25, 0.3) is 0 Å². The molecule has 1 unspecified atom stereocenters. The van der Waals surface area contributed by atoms with Gasteiger partial charge in [0.2, 0.25) is 0 Å². The quantitative estimate of drug-likeness (QED) is 0.383. The molecule has 180 valence electrons. The van der Waals surface area contributed by atoms with Crippen molar-refractivity contribution in [2.45, 2.75) is 99.8 Å². The van der Waals surface area contributed by atoms with Crippen molar-refractivity contribution in [2.75, 3.05) is 0 Å². The van der Waals surface area contributed by atoms with Crippen molar-refractivity contribution in [1.29, 1.82) is 5.26 Å². The van der Waals surface area contributed by atoms with E-state index >= 15 is 0 Å². The average molecular weight is 448 g/mol. The Morgan fingerprint density at radius 2 is 1.64 bits per heavy atom. The molecule has 0 bridgehead atoms. The van der Waals surface area contributed by atoms with Crippen LogP contribution in [0.15, 0.2) is 23.8 Å². The molecule has 0 heterocycles. The highest BCUT2D eigenvalue weighted by atomic mass is 16.1. The van der Waals surface area contributed by atoms with E-state index in [0.717, 1.165) is 18.3 Å². The summed E-state index contributed by atoms with van der Waals surface area (Å²) in [6.07, 6.45) is 12.4. The van der Waals surface area contributed by atoms with Gasteiger partial charge >= 0.3 is 0 Å². The van der Waals surface area contributed by atoms with Crippen molar-refractivity contribution < 1.29 is 4.79 Å². The summed E-state index contributed by atoms with van der Waals surface area (Å²) in [5.74, 6) is 3.15. The van der Waals surface area contributed by atoms with Crippen LogP contribution in [0.3, 0.4) is 0 Å². The van der Waals surface area contributed by atoms with Gasteiger partial charge in [-0.2, -0.15) is 5.26 Å². The van der Waals surface area contributed by atoms with Crippen LogP contribution in [0.5, 0.6) is 0 Å². The number of fused-ring (bicyclic) bond motifs is 7. The lowest BCUT2D eigenvalue weighted by Gasteiger charge is -2.71. The number of allylic oxidation sites excluding steroid dienone is 3. The van der Waals surface area contributed by atoms with Gasteiger partial charge in [-0.25, -0.2) is 0 Å². The topological polar surface area (TPSA) is 40.9 Å². The number of nitrogens with zero attached hydrogens (tertiary/aromatic N) is 1. The van der Waals surface area contributed by atoms with Crippen LogP contribution in [0.2, 0.25) is 0 Å². The Bertz CT molecular complexity index is 981. The molecule has 5 aliphatic carbocycles. The fourth-order valence-electron chi connectivity index (χ4n) is 11.1. The highest BCUT2D eigenvalue weighted by Crippen LogP contribution is 2.76. The molecule has 0 aromatic rings. The molecule has 0 radical (unpaired) electrons. The van der Waals surface area contributed by atoms with Gasteiger partial charge in [0.05, 0.1) is 5.57 Å². The van der Waals surface area contributed by atoms with Gasteiger partial charge in [-0.15, -0.1) is 0 Å². The maximum Gasteiger partial charge on any atom is 0.178 e. The average Bonchev–Trinajstić information content (AvgIpc) is 3.09. The second kappa shape index (κ2) is 6.86. The molecule has 5 rings (SSSR count). The molecule has 0 aliphatic heterocycles. The Morgan fingerprint density at radius 1 is 0.939 bits per heavy atom. The second-order valence-corrected chi connectivity index (χ2v) is 14.4. The number of ketones is 1. The van der Waals surface area contributed by atoms with Crippen LogP contribution in [-0.2, 0) is 4.79 Å². The first kappa shape index (κ1) is 23.4. The van der Waals surface area contributed by atoms with Gasteiger partial charge in [-0.3, -0.25) is 4.79 Å². The molecule has 4 saturated carbocycles. The number of carbonyl (C=O) groups excluding carboxylic acids is 1. The summed E-state index contributed by atoms with van der Waals surface area (Å²) < 4.78 is 0. The molecule has 2 nitrogen and oxygen atoms in total. The minimum absolute atomic E-state index is 0.0691. The van der Waals surface area contributed by atoms with Crippen LogP contribution < -0.4 is 0 Å². The molecule has 2 heteroatoms. The van der Waals surface area contributed by atoms with E-state index in [1.165, 1.54) is 50.5 Å². The highest BCUT2D eigenvalue weighted by molar-refractivity contribution is 6.04. The number of rotatable bonds is 1. The summed E-state index contributed by atoms with van der Waals surface area (Å²) in [7, 11) is 0. The van der Waals surface area contributed by atoms with Crippen molar-refractivity contribution in [3.05, 3.63) is 23.8 Å². The third kappa shape index (κ3) is 2.69. The van der Waals surface area contributed by atoms with Crippen LogP contribution in [0.1, 0.15) is 99.8 Å². The molecule has 0 N–H and O–H groups in total. The maximum atomic E-state index is 13.2. The van der Waals surface area contributed by atoms with E-state index in [0.29, 0.717) is 34.2 Å². The van der Waals surface area contributed by atoms with E-state index in [9.17, 15) is 10.1 Å². The Balaban J connectivity index is 1.60. The summed E-state index contributed by atoms with van der Waals surface area (Å²) in [6, 6.07) is 2.30. The zero-order chi connectivity index (χ0) is 24.2. The van der Waals surface area contributed by atoms with Crippen LogP contribution in [0, 0.1) is 68.0 Å². The monoisotopic (exact) mass is 447 g/mol. The number of hydrogen-bond donors (Lipinski definition) is 0. The van der Waals surface area contributed by atoms with Gasteiger partial charge in [0.25, 0.3) is 0 Å². The van der Waals surface area contributed by atoms with Gasteiger partial charge in [-0.05, 0) is 110 Å². The fourth-order valence-corrected chi connectivity index (χ4v) is 11.1. The summed E-state index contributed by atoms with van der Waals surface area (Å²) in [6.45, 7) is 21.2. The van der Waals surface area contributed by atoms with Crippen molar-refractivity contribution >= 4 is 5.78 Å². The Kier molecular flexibility index (Phi) is 4.86. The lowest BCUT2D eigenvalue weighted by molar-refractivity contribution is -0.216. The van der Waals surface area contributed by atoms with Crippen molar-refractivity contribution in [2.24, 2.45) is 56.7 Å². The minimum atomic E-state index is -0.449. The molecular formula is C31H45NO. The molecule has 5 aliphatic rings. The standard InChI is InChI=1S/C31H45NO/c1-19(2)21-11-13-28(5)15-16-30(7)22(25(21)28)9-10-24-29(6)17-20(18-32)26(33)27(3,4)23(29)12-14-31(24,30)8/h17,21-25H,1,9-16H2,2-8H3/t21-,22?,23-,24+,25+,28+,29-,30+,31+/m0/s1. The predicted molar refractivity (Wildman–Crippen MR) is 134 cm³/mol. The highest BCUT2D eigenvalue weighted by Gasteiger charge is 2.70. The number of hydrogen-bond acceptors (Lipinski definition) is 2. The maximum absolute atomic E-state index is 13.2. The number of Topliss-reactive ketones (excluding diaryl/α,β-unsaturated/α-hetero) is 1. The largest absolute Gasteiger partial charge is 0.293 e. The van der Waals surface area contributed by atoms with Gasteiger partial charge in [0.1, 0.15) is 6.07 Å². The summed E-state index contributed by atoms with van der Waals surface area (Å²) >= 11 is 0. The molecule has 4 fully saturated rings. The Hall–Kier alpha value is -1.36. The summed E-state index contributed by atoms with van der Waals surface area (Å²) in [5.41, 5.74) is 2.35. The van der Waals surface area contributed by atoms with Gasteiger partial charge in [-0.1, -0.05) is 59.8 Å². The zero-order valence-electron chi connectivity index (χ0n) is 22.2. The van der Waals surface area contributed by atoms with E-state index in [2.05, 4.69) is 67.2 Å². The number of nitriles is 1. The molecular weight excluding hydrogens is 402 g/mol. The first-order valence-corrected chi connectivity index (χ1v) is 13.6. The first-order valence-electron chi connectivity index (χ1n) is 13.6. The normalized spacial score (nSPS) is 52.5. The predicted octanol–water partition coefficient (Wildman–Crippen LogP) is 7.90.